The normalized spacial score (nSPS) is 15.1. The minimum atomic E-state index is -0.684. The second kappa shape index (κ2) is 10.7. The van der Waals surface area contributed by atoms with Crippen LogP contribution in [0.3, 0.4) is 0 Å². The van der Waals surface area contributed by atoms with E-state index in [2.05, 4.69) is 36.9 Å². The highest BCUT2D eigenvalue weighted by Gasteiger charge is 2.30. The Bertz CT molecular complexity index is 1640. The van der Waals surface area contributed by atoms with Gasteiger partial charge in [0.25, 0.3) is 11.7 Å². The van der Waals surface area contributed by atoms with Crippen LogP contribution in [0.1, 0.15) is 16.2 Å². The number of aryl methyl sites for hydroxylation is 1. The number of anilines is 1. The molecule has 4 heterocycles. The molecule has 0 spiro atoms. The van der Waals surface area contributed by atoms with Crippen molar-refractivity contribution in [1.29, 1.82) is 0 Å². The quantitative estimate of drug-likeness (QED) is 0.240. The Morgan fingerprint density at radius 2 is 1.90 bits per heavy atom. The fourth-order valence-corrected chi connectivity index (χ4v) is 4.52. The van der Waals surface area contributed by atoms with Crippen molar-refractivity contribution >= 4 is 29.1 Å². The van der Waals surface area contributed by atoms with E-state index in [1.807, 2.05) is 30.3 Å². The van der Waals surface area contributed by atoms with Gasteiger partial charge < -0.3 is 25.3 Å². The fraction of sp³-hybridized carbons (Fsp3) is 0.231. The van der Waals surface area contributed by atoms with E-state index in [0.29, 0.717) is 42.6 Å². The second-order valence-corrected chi connectivity index (χ2v) is 8.79. The first-order chi connectivity index (χ1) is 18.9. The number of para-hydroxylation sites is 1. The number of ketones is 1. The van der Waals surface area contributed by atoms with Crippen molar-refractivity contribution in [3.8, 4) is 5.69 Å². The molecule has 1 aromatic carbocycles. The minimum Gasteiger partial charge on any atom is -0.496 e. The first-order valence-electron chi connectivity index (χ1n) is 12.2. The molecule has 13 nitrogen and oxygen atoms in total. The summed E-state index contributed by atoms with van der Waals surface area (Å²) in [4.78, 5) is 37.6. The van der Waals surface area contributed by atoms with E-state index in [0.717, 1.165) is 11.5 Å². The molecule has 39 heavy (non-hydrogen) atoms. The summed E-state index contributed by atoms with van der Waals surface area (Å²) < 4.78 is 8.60. The summed E-state index contributed by atoms with van der Waals surface area (Å²) >= 11 is 0. The molecule has 5 rings (SSSR count). The van der Waals surface area contributed by atoms with Crippen molar-refractivity contribution in [2.24, 2.45) is 5.73 Å². The zero-order valence-corrected chi connectivity index (χ0v) is 21.6. The number of ether oxygens (including phenoxy) is 1. The molecular formula is C26H28N10O3. The maximum Gasteiger partial charge on any atom is 0.295 e. The van der Waals surface area contributed by atoms with Crippen LogP contribution in [0.25, 0.3) is 17.3 Å². The van der Waals surface area contributed by atoms with Crippen molar-refractivity contribution in [2.45, 2.75) is 6.92 Å². The van der Waals surface area contributed by atoms with Gasteiger partial charge in [-0.15, -0.1) is 5.10 Å². The lowest BCUT2D eigenvalue weighted by molar-refractivity contribution is -0.126. The summed E-state index contributed by atoms with van der Waals surface area (Å²) in [5.74, 6) is 0.511. The molecule has 0 saturated carbocycles. The van der Waals surface area contributed by atoms with Gasteiger partial charge in [0, 0.05) is 32.4 Å². The number of aromatic amines is 1. The third kappa shape index (κ3) is 4.77. The number of piperazine rings is 1. The van der Waals surface area contributed by atoms with Gasteiger partial charge in [-0.05, 0) is 25.1 Å². The number of nitrogens with one attached hydrogen (secondary N) is 1. The number of nitrogens with two attached hydrogens (primary N) is 1. The zero-order valence-electron chi connectivity index (χ0n) is 21.6. The Kier molecular flexibility index (Phi) is 6.95. The number of hydrogen-bond acceptors (Lipinski definition) is 9. The van der Waals surface area contributed by atoms with Crippen molar-refractivity contribution in [1.82, 2.24) is 39.6 Å². The van der Waals surface area contributed by atoms with Crippen LogP contribution in [-0.4, -0.2) is 84.6 Å². The van der Waals surface area contributed by atoms with Gasteiger partial charge in [-0.3, -0.25) is 9.59 Å². The number of aromatic nitrogens is 7. The highest BCUT2D eigenvalue weighted by molar-refractivity contribution is 6.42. The van der Waals surface area contributed by atoms with E-state index in [9.17, 15) is 9.59 Å². The number of methoxy groups -OCH3 is 1. The number of H-pyrrole nitrogens is 1. The molecule has 1 amide bonds. The molecule has 200 valence electrons. The summed E-state index contributed by atoms with van der Waals surface area (Å²) in [7, 11) is 1.45. The van der Waals surface area contributed by atoms with E-state index in [-0.39, 0.29) is 17.1 Å². The SMILES string of the molecule is C=C/C(OC)=c1/c(C(=O)C(=O)N2CCN(c3cnnn3-c3ccccc3)CC2)c[nH]/c1=C(/N)n1cnc(C)n1. The van der Waals surface area contributed by atoms with Crippen LogP contribution in [-0.2, 0) is 9.53 Å². The average Bonchev–Trinajstić information content (AvgIpc) is 3.73. The van der Waals surface area contributed by atoms with Crippen LogP contribution in [0.4, 0.5) is 5.82 Å². The highest BCUT2D eigenvalue weighted by Crippen LogP contribution is 2.19. The number of benzene rings is 1. The minimum absolute atomic E-state index is 0.125. The van der Waals surface area contributed by atoms with Gasteiger partial charge in [0.05, 0.1) is 35.1 Å². The van der Waals surface area contributed by atoms with E-state index < -0.39 is 11.7 Å². The number of hydrogen-bond donors (Lipinski definition) is 2. The van der Waals surface area contributed by atoms with Gasteiger partial charge in [-0.25, -0.2) is 9.67 Å². The summed E-state index contributed by atoms with van der Waals surface area (Å²) in [5.41, 5.74) is 7.36. The Hall–Kier alpha value is -5.20. The Morgan fingerprint density at radius 1 is 1.15 bits per heavy atom. The van der Waals surface area contributed by atoms with E-state index in [4.69, 9.17) is 10.5 Å². The molecule has 13 heteroatoms. The molecule has 1 aliphatic rings. The topological polar surface area (TPSA) is 153 Å². The van der Waals surface area contributed by atoms with Gasteiger partial charge in [-0.2, -0.15) is 9.78 Å². The molecule has 0 atom stereocenters. The van der Waals surface area contributed by atoms with Crippen LogP contribution in [0.2, 0.25) is 0 Å². The van der Waals surface area contributed by atoms with Crippen LogP contribution in [0.5, 0.6) is 0 Å². The molecule has 0 bridgehead atoms. The Labute approximate surface area is 223 Å². The number of carbonyl (C=O) groups excluding carboxylic acids is 2. The van der Waals surface area contributed by atoms with E-state index in [1.54, 1.807) is 22.7 Å². The van der Waals surface area contributed by atoms with Crippen LogP contribution < -0.4 is 21.2 Å². The van der Waals surface area contributed by atoms with Gasteiger partial charge in [0.15, 0.2) is 11.6 Å². The third-order valence-corrected chi connectivity index (χ3v) is 6.50. The van der Waals surface area contributed by atoms with Crippen molar-refractivity contribution in [2.75, 3.05) is 38.2 Å². The lowest BCUT2D eigenvalue weighted by Crippen LogP contribution is -2.51. The fourth-order valence-electron chi connectivity index (χ4n) is 4.52. The predicted molar refractivity (Wildman–Crippen MR) is 143 cm³/mol. The lowest BCUT2D eigenvalue weighted by atomic mass is 10.1. The van der Waals surface area contributed by atoms with Gasteiger partial charge in [0.1, 0.15) is 17.9 Å². The standard InChI is InChI=1S/C26H28N10O3/c1-4-20(39-3)22-19(14-28-23(22)25(27)35-16-29-17(2)31-35)24(37)26(38)34-12-10-33(11-13-34)21-15-30-32-36(21)18-8-6-5-7-9-18/h4-9,14-16,28H,1,10-13,27H2,2-3H3/b22-20+,25-23-. The average molecular weight is 529 g/mol. The molecule has 1 aliphatic heterocycles. The first-order valence-corrected chi connectivity index (χ1v) is 12.2. The highest BCUT2D eigenvalue weighted by atomic mass is 16.5. The van der Waals surface area contributed by atoms with Crippen molar-refractivity contribution < 1.29 is 14.3 Å². The Balaban J connectivity index is 1.40. The van der Waals surface area contributed by atoms with Crippen molar-refractivity contribution in [3.63, 3.8) is 0 Å². The molecule has 4 aromatic rings. The molecule has 1 fully saturated rings. The monoisotopic (exact) mass is 528 g/mol. The van der Waals surface area contributed by atoms with E-state index >= 15 is 0 Å². The van der Waals surface area contributed by atoms with Gasteiger partial charge in [-0.1, -0.05) is 30.0 Å². The van der Waals surface area contributed by atoms with Crippen LogP contribution in [0.15, 0.2) is 61.7 Å². The van der Waals surface area contributed by atoms with Crippen LogP contribution in [0, 0.1) is 6.92 Å². The summed E-state index contributed by atoms with van der Waals surface area (Å²) in [6.07, 6.45) is 6.06. The number of rotatable bonds is 7. The maximum absolute atomic E-state index is 13.5. The smallest absolute Gasteiger partial charge is 0.295 e. The number of nitrogens with zero attached hydrogens (tertiary/aromatic N) is 8. The molecular weight excluding hydrogens is 500 g/mol. The first kappa shape index (κ1) is 25.4. The molecule has 3 aromatic heterocycles. The largest absolute Gasteiger partial charge is 0.496 e. The van der Waals surface area contributed by atoms with Gasteiger partial charge in [0.2, 0.25) is 0 Å². The maximum atomic E-state index is 13.5. The Morgan fingerprint density at radius 3 is 2.54 bits per heavy atom. The second-order valence-electron chi connectivity index (χ2n) is 8.79. The molecule has 0 aliphatic carbocycles. The summed E-state index contributed by atoms with van der Waals surface area (Å²) in [5, 5.41) is 13.2. The number of carbonyl (C=O) groups is 2. The molecule has 0 radical (unpaired) electrons. The molecule has 0 unspecified atom stereocenters. The van der Waals surface area contributed by atoms with E-state index in [1.165, 1.54) is 30.4 Å². The summed E-state index contributed by atoms with van der Waals surface area (Å²) in [6.45, 7) is 7.24. The lowest BCUT2D eigenvalue weighted by Gasteiger charge is -2.35. The molecule has 1 saturated heterocycles. The van der Waals surface area contributed by atoms with Gasteiger partial charge >= 0.3 is 0 Å². The number of amides is 1. The zero-order chi connectivity index (χ0) is 27.5. The number of Topliss-reactive ketones (excluding diaryl/α,β-unsaturated/α-hetero) is 1. The molecule has 3 N–H and O–H groups in total. The van der Waals surface area contributed by atoms with Crippen molar-refractivity contribution in [3.05, 3.63) is 83.7 Å². The third-order valence-electron chi connectivity index (χ3n) is 6.50. The predicted octanol–water partition coefficient (Wildman–Crippen LogP) is -0.460. The van der Waals surface area contributed by atoms with Crippen LogP contribution >= 0.6 is 0 Å². The summed E-state index contributed by atoms with van der Waals surface area (Å²) in [6, 6.07) is 9.69.